The summed E-state index contributed by atoms with van der Waals surface area (Å²) in [5.41, 5.74) is 3.37. The Bertz CT molecular complexity index is 980. The first-order chi connectivity index (χ1) is 15.7. The van der Waals surface area contributed by atoms with Crippen molar-refractivity contribution >= 4 is 45.5 Å². The minimum atomic E-state index is -0.496. The fourth-order valence-electron chi connectivity index (χ4n) is 3.64. The third-order valence-electron chi connectivity index (χ3n) is 5.73. The van der Waals surface area contributed by atoms with Gasteiger partial charge in [0.15, 0.2) is 5.11 Å². The molecule has 0 bridgehead atoms. The SMILES string of the molecule is CCC(NC(=S)Nc1sc(C(=O)N(CC)CC)c(C)c1C(=O)OC)c1ccc(C(C)C)cc1. The van der Waals surface area contributed by atoms with Crippen LogP contribution < -0.4 is 10.6 Å². The number of anilines is 1. The van der Waals surface area contributed by atoms with Crippen LogP contribution in [0, 0.1) is 6.92 Å². The number of methoxy groups -OCH3 is 1. The molecule has 180 valence electrons. The van der Waals surface area contributed by atoms with Gasteiger partial charge in [-0.3, -0.25) is 4.79 Å². The first-order valence-electron chi connectivity index (χ1n) is 11.4. The Hall–Kier alpha value is -2.45. The number of thiophene rings is 1. The molecule has 6 nitrogen and oxygen atoms in total. The van der Waals surface area contributed by atoms with Crippen LogP contribution in [0.1, 0.15) is 89.7 Å². The zero-order valence-electron chi connectivity index (χ0n) is 20.6. The molecule has 33 heavy (non-hydrogen) atoms. The summed E-state index contributed by atoms with van der Waals surface area (Å²) in [6, 6.07) is 8.54. The Morgan fingerprint density at radius 2 is 1.67 bits per heavy atom. The van der Waals surface area contributed by atoms with Crippen LogP contribution in [0.25, 0.3) is 0 Å². The smallest absolute Gasteiger partial charge is 0.341 e. The lowest BCUT2D eigenvalue weighted by atomic mass is 9.98. The number of nitrogens with zero attached hydrogens (tertiary/aromatic N) is 1. The van der Waals surface area contributed by atoms with E-state index in [0.717, 1.165) is 12.0 Å². The van der Waals surface area contributed by atoms with E-state index in [9.17, 15) is 9.59 Å². The highest BCUT2D eigenvalue weighted by atomic mass is 32.1. The van der Waals surface area contributed by atoms with E-state index in [1.54, 1.807) is 11.8 Å². The summed E-state index contributed by atoms with van der Waals surface area (Å²) in [4.78, 5) is 27.8. The molecule has 1 aromatic carbocycles. The van der Waals surface area contributed by atoms with Crippen LogP contribution >= 0.6 is 23.6 Å². The van der Waals surface area contributed by atoms with Gasteiger partial charge in [0.05, 0.1) is 23.6 Å². The Labute approximate surface area is 206 Å². The molecule has 0 fully saturated rings. The molecular weight excluding hydrogens is 454 g/mol. The largest absolute Gasteiger partial charge is 0.465 e. The van der Waals surface area contributed by atoms with Crippen molar-refractivity contribution in [3.63, 3.8) is 0 Å². The van der Waals surface area contributed by atoms with Crippen LogP contribution in [0.5, 0.6) is 0 Å². The standard InChI is InChI=1S/C25H35N3O3S2/c1-8-19(18-13-11-17(12-14-18)15(4)5)26-25(32)27-22-20(24(30)31-7)16(6)21(33-22)23(29)28(9-2)10-3/h11-15,19H,8-10H2,1-7H3,(H2,26,27,32). The molecule has 0 saturated heterocycles. The van der Waals surface area contributed by atoms with Crippen LogP contribution in [0.15, 0.2) is 24.3 Å². The Morgan fingerprint density at radius 1 is 1.09 bits per heavy atom. The molecule has 2 aromatic rings. The van der Waals surface area contributed by atoms with E-state index in [4.69, 9.17) is 17.0 Å². The Balaban J connectivity index is 2.28. The van der Waals surface area contributed by atoms with E-state index in [1.165, 1.54) is 24.0 Å². The third-order valence-corrected chi connectivity index (χ3v) is 7.14. The first-order valence-corrected chi connectivity index (χ1v) is 12.6. The van der Waals surface area contributed by atoms with E-state index < -0.39 is 5.97 Å². The number of esters is 1. The van der Waals surface area contributed by atoms with Gasteiger partial charge in [0, 0.05) is 13.1 Å². The number of ether oxygens (including phenoxy) is 1. The highest BCUT2D eigenvalue weighted by Gasteiger charge is 2.27. The van der Waals surface area contributed by atoms with Crippen molar-refractivity contribution in [2.75, 3.05) is 25.5 Å². The molecule has 0 aliphatic rings. The quantitative estimate of drug-likeness (QED) is 0.338. The second kappa shape index (κ2) is 12.1. The second-order valence-corrected chi connectivity index (χ2v) is 9.54. The van der Waals surface area contributed by atoms with Gasteiger partial charge in [-0.15, -0.1) is 11.3 Å². The summed E-state index contributed by atoms with van der Waals surface area (Å²) in [5.74, 6) is -0.123. The van der Waals surface area contributed by atoms with Gasteiger partial charge in [0.2, 0.25) is 0 Å². The molecule has 2 rings (SSSR count). The number of nitrogens with one attached hydrogen (secondary N) is 2. The summed E-state index contributed by atoms with van der Waals surface area (Å²) in [6.07, 6.45) is 0.835. The number of carbonyl (C=O) groups is 2. The molecule has 1 unspecified atom stereocenters. The third kappa shape index (κ3) is 6.32. The summed E-state index contributed by atoms with van der Waals surface area (Å²) in [5, 5.41) is 7.40. The zero-order chi connectivity index (χ0) is 24.7. The average Bonchev–Trinajstić information content (AvgIpc) is 3.13. The topological polar surface area (TPSA) is 70.7 Å². The predicted octanol–water partition coefficient (Wildman–Crippen LogP) is 5.89. The normalized spacial score (nSPS) is 11.8. The molecule has 0 aliphatic carbocycles. The number of hydrogen-bond donors (Lipinski definition) is 2. The first kappa shape index (κ1) is 26.8. The number of thiocarbonyl (C=S) groups is 1. The minimum Gasteiger partial charge on any atom is -0.465 e. The lowest BCUT2D eigenvalue weighted by molar-refractivity contribution is 0.0601. The van der Waals surface area contributed by atoms with Crippen LogP contribution in [-0.4, -0.2) is 42.1 Å². The van der Waals surface area contributed by atoms with Gasteiger partial charge < -0.3 is 20.3 Å². The number of carbonyl (C=O) groups excluding carboxylic acids is 2. The molecule has 1 aromatic heterocycles. The van der Waals surface area contributed by atoms with Gasteiger partial charge in [-0.05, 0) is 62.0 Å². The van der Waals surface area contributed by atoms with Crippen LogP contribution in [-0.2, 0) is 4.74 Å². The molecule has 0 aliphatic heterocycles. The van der Waals surface area contributed by atoms with Crippen molar-refractivity contribution in [3.8, 4) is 0 Å². The monoisotopic (exact) mass is 489 g/mol. The number of amides is 1. The van der Waals surface area contributed by atoms with Crippen LogP contribution in [0.2, 0.25) is 0 Å². The summed E-state index contributed by atoms with van der Waals surface area (Å²) < 4.78 is 4.99. The maximum absolute atomic E-state index is 13.0. The number of rotatable bonds is 9. The maximum atomic E-state index is 13.0. The van der Waals surface area contributed by atoms with Crippen molar-refractivity contribution in [2.45, 2.75) is 59.9 Å². The summed E-state index contributed by atoms with van der Waals surface area (Å²) in [7, 11) is 1.33. The fourth-order valence-corrected chi connectivity index (χ4v) is 5.12. The van der Waals surface area contributed by atoms with Gasteiger partial charge in [-0.1, -0.05) is 45.0 Å². The molecule has 1 atom stereocenters. The second-order valence-electron chi connectivity index (χ2n) is 8.11. The van der Waals surface area contributed by atoms with E-state index in [0.29, 0.717) is 45.1 Å². The van der Waals surface area contributed by atoms with Gasteiger partial charge in [0.25, 0.3) is 5.91 Å². The van der Waals surface area contributed by atoms with Gasteiger partial charge in [0.1, 0.15) is 5.00 Å². The number of benzene rings is 1. The molecule has 1 heterocycles. The van der Waals surface area contributed by atoms with Gasteiger partial charge in [-0.2, -0.15) is 0 Å². The van der Waals surface area contributed by atoms with E-state index in [1.807, 2.05) is 13.8 Å². The van der Waals surface area contributed by atoms with Crippen molar-refractivity contribution in [2.24, 2.45) is 0 Å². The van der Waals surface area contributed by atoms with Crippen molar-refractivity contribution in [1.29, 1.82) is 0 Å². The molecule has 0 saturated carbocycles. The lowest BCUT2D eigenvalue weighted by Crippen LogP contribution is -2.32. The van der Waals surface area contributed by atoms with Crippen LogP contribution in [0.3, 0.4) is 0 Å². The maximum Gasteiger partial charge on any atom is 0.341 e. The highest BCUT2D eigenvalue weighted by molar-refractivity contribution is 7.80. The molecular formula is C25H35N3O3S2. The van der Waals surface area contributed by atoms with E-state index >= 15 is 0 Å². The van der Waals surface area contributed by atoms with Gasteiger partial charge >= 0.3 is 5.97 Å². The average molecular weight is 490 g/mol. The Morgan fingerprint density at radius 3 is 2.15 bits per heavy atom. The summed E-state index contributed by atoms with van der Waals surface area (Å²) >= 11 is 6.81. The number of hydrogen-bond acceptors (Lipinski definition) is 5. The van der Waals surface area contributed by atoms with Crippen molar-refractivity contribution in [1.82, 2.24) is 10.2 Å². The minimum absolute atomic E-state index is 0.0191. The Kier molecular flexibility index (Phi) is 9.86. The van der Waals surface area contributed by atoms with E-state index in [-0.39, 0.29) is 11.9 Å². The molecule has 0 spiro atoms. The van der Waals surface area contributed by atoms with E-state index in [2.05, 4.69) is 55.7 Å². The van der Waals surface area contributed by atoms with Gasteiger partial charge in [-0.25, -0.2) is 4.79 Å². The molecule has 2 N–H and O–H groups in total. The fraction of sp³-hybridized carbons (Fsp3) is 0.480. The molecule has 0 radical (unpaired) electrons. The highest BCUT2D eigenvalue weighted by Crippen LogP contribution is 2.34. The predicted molar refractivity (Wildman–Crippen MR) is 141 cm³/mol. The molecule has 1 amide bonds. The summed E-state index contributed by atoms with van der Waals surface area (Å²) in [6.45, 7) is 13.3. The van der Waals surface area contributed by atoms with Crippen LogP contribution in [0.4, 0.5) is 5.00 Å². The molecule has 8 heteroatoms. The zero-order valence-corrected chi connectivity index (χ0v) is 22.2. The lowest BCUT2D eigenvalue weighted by Gasteiger charge is -2.20. The van der Waals surface area contributed by atoms with Crippen molar-refractivity contribution in [3.05, 3.63) is 51.4 Å². The van der Waals surface area contributed by atoms with Crippen molar-refractivity contribution < 1.29 is 14.3 Å².